The minimum Gasteiger partial charge on any atom is -0.356 e. The highest BCUT2D eigenvalue weighted by Gasteiger charge is 2.34. The van der Waals surface area contributed by atoms with Gasteiger partial charge in [-0.15, -0.1) is 0 Å². The van der Waals surface area contributed by atoms with Crippen molar-refractivity contribution in [1.82, 2.24) is 14.2 Å². The Morgan fingerprint density at radius 1 is 1.06 bits per heavy atom. The van der Waals surface area contributed by atoms with Crippen molar-refractivity contribution in [3.05, 3.63) is 47.5 Å². The third kappa shape index (κ3) is 5.33. The molecule has 0 spiro atoms. The van der Waals surface area contributed by atoms with Crippen LogP contribution in [0.15, 0.2) is 35.4 Å². The zero-order valence-corrected chi connectivity index (χ0v) is 20.2. The molecule has 1 unspecified atom stereocenters. The molecular weight excluding hydrogens is 459 g/mol. The van der Waals surface area contributed by atoms with Crippen molar-refractivity contribution in [1.29, 1.82) is 0 Å². The van der Waals surface area contributed by atoms with E-state index in [0.717, 1.165) is 25.7 Å². The molecule has 34 heavy (non-hydrogen) atoms. The molecule has 0 bridgehead atoms. The number of hydrogen-bond donors (Lipinski definition) is 2. The summed E-state index contributed by atoms with van der Waals surface area (Å²) < 4.78 is 41.2. The van der Waals surface area contributed by atoms with Crippen LogP contribution >= 0.6 is 0 Å². The molecule has 1 atom stereocenters. The van der Waals surface area contributed by atoms with E-state index in [1.165, 1.54) is 34.8 Å². The summed E-state index contributed by atoms with van der Waals surface area (Å²) in [6.07, 6.45) is 6.55. The molecular formula is C24H31FN4O4S. The van der Waals surface area contributed by atoms with Gasteiger partial charge in [0, 0.05) is 38.1 Å². The van der Waals surface area contributed by atoms with E-state index in [9.17, 15) is 22.4 Å². The fourth-order valence-electron chi connectivity index (χ4n) is 4.62. The van der Waals surface area contributed by atoms with Gasteiger partial charge in [-0.05, 0) is 62.4 Å². The number of H-pyrrole nitrogens is 1. The number of piperidine rings is 1. The number of hydrogen-bond acceptors (Lipinski definition) is 4. The second kappa shape index (κ2) is 10.3. The number of carbonyl (C=O) groups is 2. The molecule has 1 aromatic carbocycles. The first-order valence-corrected chi connectivity index (χ1v) is 13.2. The Hall–Kier alpha value is -2.72. The number of aromatic amines is 1. The maximum Gasteiger partial charge on any atom is 0.270 e. The summed E-state index contributed by atoms with van der Waals surface area (Å²) in [4.78, 5) is 30.3. The number of anilines is 1. The minimum atomic E-state index is -3.86. The molecule has 2 aliphatic heterocycles. The average molecular weight is 491 g/mol. The van der Waals surface area contributed by atoms with Crippen molar-refractivity contribution >= 4 is 27.5 Å². The summed E-state index contributed by atoms with van der Waals surface area (Å²) in [5.41, 5.74) is 1.37. The minimum absolute atomic E-state index is 0.0288. The lowest BCUT2D eigenvalue weighted by Crippen LogP contribution is -2.43. The number of rotatable bonds is 5. The second-order valence-electron chi connectivity index (χ2n) is 9.11. The Bertz CT molecular complexity index is 1160. The van der Waals surface area contributed by atoms with Crippen molar-refractivity contribution < 1.29 is 22.4 Å². The van der Waals surface area contributed by atoms with Crippen LogP contribution in [0.4, 0.5) is 10.1 Å². The summed E-state index contributed by atoms with van der Waals surface area (Å²) in [5.74, 6) is -1.38. The summed E-state index contributed by atoms with van der Waals surface area (Å²) in [6, 6.07) is 5.51. The zero-order chi connectivity index (χ0) is 24.3. The van der Waals surface area contributed by atoms with Gasteiger partial charge in [0.05, 0.1) is 5.92 Å². The SMILES string of the molecule is Cc1cc(F)ccc1NC(=O)C1CCCN(S(=O)(=O)c2c[nH]c(C(=O)N3CCCCCC3)c2)C1. The Labute approximate surface area is 199 Å². The molecule has 3 heterocycles. The maximum atomic E-state index is 13.3. The number of halogens is 1. The Balaban J connectivity index is 1.44. The normalized spacial score (nSPS) is 20.1. The standard InChI is InChI=1S/C24H31FN4O4S/c1-17-13-19(25)8-9-21(17)27-23(30)18-7-6-12-29(16-18)34(32,33)20-14-22(26-15-20)24(31)28-10-4-2-3-5-11-28/h8-9,13-15,18,26H,2-7,10-12,16H2,1H3,(H,27,30). The van der Waals surface area contributed by atoms with Gasteiger partial charge in [0.1, 0.15) is 16.4 Å². The number of aryl methyl sites for hydroxylation is 1. The van der Waals surface area contributed by atoms with Crippen molar-refractivity contribution in [2.45, 2.75) is 50.3 Å². The van der Waals surface area contributed by atoms with E-state index in [1.807, 2.05) is 0 Å². The van der Waals surface area contributed by atoms with Gasteiger partial charge in [0.25, 0.3) is 5.91 Å². The van der Waals surface area contributed by atoms with Crippen LogP contribution in [0, 0.1) is 18.7 Å². The number of likely N-dealkylation sites (tertiary alicyclic amines) is 1. The van der Waals surface area contributed by atoms with Gasteiger partial charge in [-0.3, -0.25) is 9.59 Å². The van der Waals surface area contributed by atoms with Gasteiger partial charge >= 0.3 is 0 Å². The molecule has 184 valence electrons. The van der Waals surface area contributed by atoms with Crippen molar-refractivity contribution in [3.63, 3.8) is 0 Å². The van der Waals surface area contributed by atoms with Crippen molar-refractivity contribution in [2.75, 3.05) is 31.5 Å². The first-order chi connectivity index (χ1) is 16.3. The highest BCUT2D eigenvalue weighted by Crippen LogP contribution is 2.26. The molecule has 1 aromatic heterocycles. The van der Waals surface area contributed by atoms with Crippen molar-refractivity contribution in [3.8, 4) is 0 Å². The Morgan fingerprint density at radius 2 is 1.79 bits per heavy atom. The van der Waals surface area contributed by atoms with Gasteiger partial charge in [-0.25, -0.2) is 12.8 Å². The smallest absolute Gasteiger partial charge is 0.270 e. The number of nitrogens with zero attached hydrogens (tertiary/aromatic N) is 2. The lowest BCUT2D eigenvalue weighted by Gasteiger charge is -2.31. The van der Waals surface area contributed by atoms with Gasteiger partial charge in [0.2, 0.25) is 15.9 Å². The van der Waals surface area contributed by atoms with Crippen LogP contribution < -0.4 is 5.32 Å². The van der Waals surface area contributed by atoms with Crippen LogP contribution in [0.25, 0.3) is 0 Å². The lowest BCUT2D eigenvalue weighted by molar-refractivity contribution is -0.120. The van der Waals surface area contributed by atoms with Crippen LogP contribution in [0.3, 0.4) is 0 Å². The van der Waals surface area contributed by atoms with E-state index >= 15 is 0 Å². The summed E-state index contributed by atoms with van der Waals surface area (Å²) in [6.45, 7) is 3.41. The Kier molecular flexibility index (Phi) is 7.37. The van der Waals surface area contributed by atoms with Crippen molar-refractivity contribution in [2.24, 2.45) is 5.92 Å². The number of amides is 2. The fraction of sp³-hybridized carbons (Fsp3) is 0.500. The first-order valence-electron chi connectivity index (χ1n) is 11.8. The van der Waals surface area contributed by atoms with Gasteiger partial charge in [0.15, 0.2) is 0 Å². The highest BCUT2D eigenvalue weighted by atomic mass is 32.2. The van der Waals surface area contributed by atoms with Gasteiger partial charge in [-0.2, -0.15) is 4.31 Å². The van der Waals surface area contributed by atoms with Crippen LogP contribution in [0.1, 0.15) is 54.6 Å². The molecule has 0 aliphatic carbocycles. The molecule has 2 fully saturated rings. The monoisotopic (exact) mass is 490 g/mol. The second-order valence-corrected chi connectivity index (χ2v) is 11.0. The molecule has 2 amide bonds. The van der Waals surface area contributed by atoms with Crippen LogP contribution in [-0.2, 0) is 14.8 Å². The first kappa shape index (κ1) is 24.4. The number of benzene rings is 1. The third-order valence-electron chi connectivity index (χ3n) is 6.62. The predicted octanol–water partition coefficient (Wildman–Crippen LogP) is 3.52. The quantitative estimate of drug-likeness (QED) is 0.669. The zero-order valence-electron chi connectivity index (χ0n) is 19.3. The summed E-state index contributed by atoms with van der Waals surface area (Å²) >= 11 is 0. The predicted molar refractivity (Wildman–Crippen MR) is 126 cm³/mol. The average Bonchev–Trinajstić information content (AvgIpc) is 3.17. The summed E-state index contributed by atoms with van der Waals surface area (Å²) in [5, 5.41) is 2.80. The number of aromatic nitrogens is 1. The third-order valence-corrected chi connectivity index (χ3v) is 8.46. The van der Waals surface area contributed by atoms with E-state index in [1.54, 1.807) is 11.8 Å². The topological polar surface area (TPSA) is 103 Å². The van der Waals surface area contributed by atoms with Gasteiger partial charge < -0.3 is 15.2 Å². The van der Waals surface area contributed by atoms with E-state index in [2.05, 4.69) is 10.3 Å². The fourth-order valence-corrected chi connectivity index (χ4v) is 6.14. The maximum absolute atomic E-state index is 13.3. The largest absolute Gasteiger partial charge is 0.356 e. The van der Waals surface area contributed by atoms with E-state index < -0.39 is 15.9 Å². The molecule has 2 aromatic rings. The number of carbonyl (C=O) groups excluding carboxylic acids is 2. The van der Waals surface area contributed by atoms with Gasteiger partial charge in [-0.1, -0.05) is 12.8 Å². The van der Waals surface area contributed by atoms with Crippen LogP contribution in [0.5, 0.6) is 0 Å². The molecule has 0 radical (unpaired) electrons. The molecule has 2 aliphatic rings. The van der Waals surface area contributed by atoms with E-state index in [0.29, 0.717) is 43.7 Å². The van der Waals surface area contributed by atoms with Crippen LogP contribution in [0.2, 0.25) is 0 Å². The molecule has 2 N–H and O–H groups in total. The number of sulfonamides is 1. The molecule has 0 saturated carbocycles. The lowest BCUT2D eigenvalue weighted by atomic mass is 9.98. The Morgan fingerprint density at radius 3 is 2.50 bits per heavy atom. The molecule has 2 saturated heterocycles. The van der Waals surface area contributed by atoms with E-state index in [-0.39, 0.29) is 34.8 Å². The summed E-state index contributed by atoms with van der Waals surface area (Å²) in [7, 11) is -3.86. The molecule has 4 rings (SSSR count). The highest BCUT2D eigenvalue weighted by molar-refractivity contribution is 7.89. The number of nitrogens with one attached hydrogen (secondary N) is 2. The van der Waals surface area contributed by atoms with Crippen LogP contribution in [-0.4, -0.2) is 60.6 Å². The molecule has 8 nitrogen and oxygen atoms in total. The molecule has 10 heteroatoms. The van der Waals surface area contributed by atoms with E-state index in [4.69, 9.17) is 0 Å².